The van der Waals surface area contributed by atoms with Crippen molar-refractivity contribution in [3.8, 4) is 17.3 Å². The van der Waals surface area contributed by atoms with Crippen LogP contribution in [0.5, 0.6) is 5.88 Å². The molecule has 0 saturated heterocycles. The molecule has 6 nitrogen and oxygen atoms in total. The van der Waals surface area contributed by atoms with Gasteiger partial charge in [0.25, 0.3) is 0 Å². The van der Waals surface area contributed by atoms with Crippen molar-refractivity contribution in [2.45, 2.75) is 6.42 Å². The van der Waals surface area contributed by atoms with Crippen molar-refractivity contribution in [2.75, 3.05) is 18.6 Å². The summed E-state index contributed by atoms with van der Waals surface area (Å²) in [5, 5.41) is 5.53. The minimum atomic E-state index is -0.804. The summed E-state index contributed by atoms with van der Waals surface area (Å²) in [6.45, 7) is 0.479. The first-order valence-electron chi connectivity index (χ1n) is 7.97. The van der Waals surface area contributed by atoms with Crippen molar-refractivity contribution in [1.29, 1.82) is 0 Å². The van der Waals surface area contributed by atoms with Crippen LogP contribution in [-0.2, 0) is 10.8 Å². The Morgan fingerprint density at radius 2 is 2.12 bits per heavy atom. The number of rotatable bonds is 6. The van der Waals surface area contributed by atoms with Crippen LogP contribution in [0.2, 0.25) is 0 Å². The van der Waals surface area contributed by atoms with Gasteiger partial charge in [-0.25, -0.2) is 9.50 Å². The third kappa shape index (κ3) is 3.28. The summed E-state index contributed by atoms with van der Waals surface area (Å²) in [6.07, 6.45) is 4.16. The summed E-state index contributed by atoms with van der Waals surface area (Å²) in [4.78, 5) is 4.37. The summed E-state index contributed by atoms with van der Waals surface area (Å²) in [6, 6.07) is 13.5. The normalized spacial score (nSPS) is 12.7. The molecule has 0 spiro atoms. The highest BCUT2D eigenvalue weighted by Crippen LogP contribution is 2.28. The maximum absolute atomic E-state index is 11.1. The molecule has 3 aromatic heterocycles. The summed E-state index contributed by atoms with van der Waals surface area (Å²) in [5.41, 5.74) is 2.32. The monoisotopic (exact) mass is 355 g/mol. The van der Waals surface area contributed by atoms with Gasteiger partial charge in [-0.1, -0.05) is 18.2 Å². The van der Waals surface area contributed by atoms with Crippen LogP contribution in [0.15, 0.2) is 53.1 Å². The van der Waals surface area contributed by atoms with Gasteiger partial charge in [0.15, 0.2) is 11.4 Å². The van der Waals surface area contributed by atoms with Crippen molar-refractivity contribution in [2.24, 2.45) is 0 Å². The molecule has 0 amide bonds. The molecule has 128 valence electrons. The van der Waals surface area contributed by atoms with Gasteiger partial charge in [-0.15, -0.1) is 5.10 Å². The second-order valence-electron chi connectivity index (χ2n) is 5.71. The molecule has 0 aliphatic rings. The van der Waals surface area contributed by atoms with Crippen molar-refractivity contribution >= 4 is 27.4 Å². The molecular formula is C18H17N3O3S. The van der Waals surface area contributed by atoms with Gasteiger partial charge in [0.1, 0.15) is 11.3 Å². The number of imidazole rings is 1. The van der Waals surface area contributed by atoms with Crippen LogP contribution >= 0.6 is 0 Å². The second kappa shape index (κ2) is 6.68. The molecule has 0 saturated carbocycles. The maximum atomic E-state index is 11.1. The predicted octanol–water partition coefficient (Wildman–Crippen LogP) is 3.29. The number of hydrogen-bond acceptors (Lipinski definition) is 5. The van der Waals surface area contributed by atoms with Crippen LogP contribution in [-0.4, -0.2) is 37.4 Å². The molecule has 4 aromatic rings. The van der Waals surface area contributed by atoms with Gasteiger partial charge in [-0.05, 0) is 24.6 Å². The zero-order valence-electron chi connectivity index (χ0n) is 13.7. The fourth-order valence-corrected chi connectivity index (χ4v) is 3.17. The number of furan rings is 1. The van der Waals surface area contributed by atoms with Gasteiger partial charge < -0.3 is 9.15 Å². The Labute approximate surface area is 146 Å². The topological polar surface area (TPSA) is 69.6 Å². The lowest BCUT2D eigenvalue weighted by molar-refractivity contribution is 0.301. The number of fused-ring (bicyclic) bond motifs is 2. The number of para-hydroxylation sites is 1. The van der Waals surface area contributed by atoms with Crippen molar-refractivity contribution in [3.05, 3.63) is 48.7 Å². The first-order chi connectivity index (χ1) is 12.2. The molecule has 0 radical (unpaired) electrons. The SMILES string of the molecule is CS(=O)CCCOc1ccc2ncc(-c3cc4ccccc4o3)n2n1. The van der Waals surface area contributed by atoms with Crippen LogP contribution < -0.4 is 4.74 Å². The maximum Gasteiger partial charge on any atom is 0.231 e. The standard InChI is InChI=1S/C18H17N3O3S/c1-25(22)10-4-9-23-18-8-7-17-19-12-14(21(17)20-18)16-11-13-5-2-3-6-15(13)24-16/h2-3,5-8,11-12H,4,9-10H2,1H3. The van der Waals surface area contributed by atoms with Gasteiger partial charge in [0.2, 0.25) is 5.88 Å². The molecule has 1 aromatic carbocycles. The van der Waals surface area contributed by atoms with E-state index in [2.05, 4.69) is 10.1 Å². The van der Waals surface area contributed by atoms with Crippen LogP contribution in [0, 0.1) is 0 Å². The molecule has 7 heteroatoms. The van der Waals surface area contributed by atoms with Crippen LogP contribution in [0.3, 0.4) is 0 Å². The Morgan fingerprint density at radius 1 is 1.24 bits per heavy atom. The van der Waals surface area contributed by atoms with Gasteiger partial charge in [-0.3, -0.25) is 4.21 Å². The van der Waals surface area contributed by atoms with Crippen molar-refractivity contribution in [3.63, 3.8) is 0 Å². The van der Waals surface area contributed by atoms with E-state index in [1.165, 1.54) is 0 Å². The molecule has 0 aliphatic carbocycles. The summed E-state index contributed by atoms with van der Waals surface area (Å²) < 4.78 is 24.4. The van der Waals surface area contributed by atoms with E-state index in [1.807, 2.05) is 36.4 Å². The van der Waals surface area contributed by atoms with E-state index in [9.17, 15) is 4.21 Å². The summed E-state index contributed by atoms with van der Waals surface area (Å²) in [5.74, 6) is 1.84. The Bertz CT molecular complexity index is 1020. The molecule has 0 aliphatic heterocycles. The molecule has 0 bridgehead atoms. The van der Waals surface area contributed by atoms with E-state index in [4.69, 9.17) is 9.15 Å². The van der Waals surface area contributed by atoms with Gasteiger partial charge >= 0.3 is 0 Å². The van der Waals surface area contributed by atoms with Gasteiger partial charge in [0.05, 0.1) is 12.8 Å². The number of hydrogen-bond donors (Lipinski definition) is 0. The molecule has 0 fully saturated rings. The number of aromatic nitrogens is 3. The van der Waals surface area contributed by atoms with Gasteiger partial charge in [0, 0.05) is 34.3 Å². The van der Waals surface area contributed by atoms with E-state index in [-0.39, 0.29) is 0 Å². The quantitative estimate of drug-likeness (QED) is 0.496. The molecule has 0 N–H and O–H groups in total. The molecular weight excluding hydrogens is 338 g/mol. The van der Waals surface area contributed by atoms with Crippen LogP contribution in [0.1, 0.15) is 6.42 Å². The molecule has 1 unspecified atom stereocenters. The fraction of sp³-hybridized carbons (Fsp3) is 0.222. The van der Waals surface area contributed by atoms with E-state index >= 15 is 0 Å². The number of ether oxygens (including phenoxy) is 1. The third-order valence-corrected chi connectivity index (χ3v) is 4.71. The lowest BCUT2D eigenvalue weighted by Gasteiger charge is -2.05. The van der Waals surface area contributed by atoms with E-state index in [0.29, 0.717) is 24.0 Å². The lowest BCUT2D eigenvalue weighted by Crippen LogP contribution is -2.06. The first kappa shape index (κ1) is 15.8. The molecule has 25 heavy (non-hydrogen) atoms. The Balaban J connectivity index is 1.63. The third-order valence-electron chi connectivity index (χ3n) is 3.84. The zero-order chi connectivity index (χ0) is 17.2. The highest BCUT2D eigenvalue weighted by Gasteiger charge is 2.13. The molecule has 1 atom stereocenters. The minimum Gasteiger partial charge on any atom is -0.477 e. The Morgan fingerprint density at radius 3 is 2.96 bits per heavy atom. The number of benzene rings is 1. The van der Waals surface area contributed by atoms with E-state index in [1.54, 1.807) is 23.0 Å². The number of nitrogens with zero attached hydrogens (tertiary/aromatic N) is 3. The smallest absolute Gasteiger partial charge is 0.231 e. The van der Waals surface area contributed by atoms with Crippen LogP contribution in [0.25, 0.3) is 28.1 Å². The van der Waals surface area contributed by atoms with Gasteiger partial charge in [-0.2, -0.15) is 0 Å². The summed E-state index contributed by atoms with van der Waals surface area (Å²) in [7, 11) is -0.804. The second-order valence-corrected chi connectivity index (χ2v) is 7.27. The largest absolute Gasteiger partial charge is 0.477 e. The molecule has 4 rings (SSSR count). The Kier molecular flexibility index (Phi) is 4.23. The first-order valence-corrected chi connectivity index (χ1v) is 9.70. The highest BCUT2D eigenvalue weighted by atomic mass is 32.2. The van der Waals surface area contributed by atoms with E-state index in [0.717, 1.165) is 28.7 Å². The van der Waals surface area contributed by atoms with Crippen molar-refractivity contribution < 1.29 is 13.4 Å². The van der Waals surface area contributed by atoms with Crippen LogP contribution in [0.4, 0.5) is 0 Å². The molecule has 3 heterocycles. The lowest BCUT2D eigenvalue weighted by atomic mass is 10.2. The Hall–Kier alpha value is -2.67. The highest BCUT2D eigenvalue weighted by molar-refractivity contribution is 7.84. The average Bonchev–Trinajstić information content (AvgIpc) is 3.21. The van der Waals surface area contributed by atoms with E-state index < -0.39 is 10.8 Å². The predicted molar refractivity (Wildman–Crippen MR) is 97.2 cm³/mol. The zero-order valence-corrected chi connectivity index (χ0v) is 14.5. The average molecular weight is 355 g/mol. The summed E-state index contributed by atoms with van der Waals surface area (Å²) >= 11 is 0. The fourth-order valence-electron chi connectivity index (χ4n) is 2.65. The van der Waals surface area contributed by atoms with Crippen molar-refractivity contribution in [1.82, 2.24) is 14.6 Å². The minimum absolute atomic E-state index is 0.479.